The molecule has 2 aromatic heterocycles. The van der Waals surface area contributed by atoms with E-state index in [0.29, 0.717) is 42.3 Å². The van der Waals surface area contributed by atoms with E-state index in [2.05, 4.69) is 22.3 Å². The molecule has 3 unspecified atom stereocenters. The van der Waals surface area contributed by atoms with E-state index in [1.807, 2.05) is 39.8 Å². The summed E-state index contributed by atoms with van der Waals surface area (Å²) in [7, 11) is 1.61. The summed E-state index contributed by atoms with van der Waals surface area (Å²) in [6.45, 7) is 11.9. The summed E-state index contributed by atoms with van der Waals surface area (Å²) in [5.74, 6) is 3.46. The Morgan fingerprint density at radius 1 is 1.38 bits per heavy atom. The van der Waals surface area contributed by atoms with Crippen LogP contribution >= 0.6 is 0 Å². The van der Waals surface area contributed by atoms with Crippen LogP contribution in [-0.4, -0.2) is 29.7 Å². The third kappa shape index (κ3) is 3.95. The predicted octanol–water partition coefficient (Wildman–Crippen LogP) is 4.13. The largest absolute Gasteiger partial charge is 0.493 e. The zero-order valence-electron chi connectivity index (χ0n) is 18.1. The standard InChI is InChI=1S/C22H30N4O3/c1-12-7-14(29-25-12)10-26-11-15-13(2)19(15)20-16(26)8-17(28-6)21(24-20)23-18(27)9-22(3,4)5/h7-8,13,15,19H,9-11H2,1-6H3,(H,23,24,27). The molecule has 3 heterocycles. The third-order valence-electron chi connectivity index (χ3n) is 5.84. The number of fused-ring (bicyclic) bond motifs is 3. The lowest BCUT2D eigenvalue weighted by Crippen LogP contribution is -2.30. The smallest absolute Gasteiger partial charge is 0.226 e. The zero-order chi connectivity index (χ0) is 20.9. The van der Waals surface area contributed by atoms with Crippen LogP contribution in [0.1, 0.15) is 57.2 Å². The van der Waals surface area contributed by atoms with Crippen molar-refractivity contribution in [3.8, 4) is 5.75 Å². The molecule has 1 amide bonds. The van der Waals surface area contributed by atoms with Crippen LogP contribution in [0.25, 0.3) is 0 Å². The van der Waals surface area contributed by atoms with Crippen LogP contribution in [0, 0.1) is 24.2 Å². The first kappa shape index (κ1) is 19.7. The van der Waals surface area contributed by atoms with Crippen molar-refractivity contribution in [2.24, 2.45) is 17.3 Å². The van der Waals surface area contributed by atoms with Crippen LogP contribution in [0.2, 0.25) is 0 Å². The topological polar surface area (TPSA) is 80.5 Å². The molecule has 2 aliphatic rings. The number of aryl methyl sites for hydroxylation is 1. The second kappa shape index (κ2) is 7.04. The first-order valence-electron chi connectivity index (χ1n) is 10.2. The molecule has 29 heavy (non-hydrogen) atoms. The molecule has 1 aliphatic heterocycles. The van der Waals surface area contributed by atoms with E-state index in [-0.39, 0.29) is 11.3 Å². The number of pyridine rings is 1. The number of hydrogen-bond donors (Lipinski definition) is 1. The quantitative estimate of drug-likeness (QED) is 0.816. The van der Waals surface area contributed by atoms with Gasteiger partial charge in [0.15, 0.2) is 17.3 Å². The van der Waals surface area contributed by atoms with Gasteiger partial charge >= 0.3 is 0 Å². The van der Waals surface area contributed by atoms with Crippen molar-refractivity contribution in [3.05, 3.63) is 29.3 Å². The summed E-state index contributed by atoms with van der Waals surface area (Å²) in [6.07, 6.45) is 0.425. The molecule has 1 saturated carbocycles. The Balaban J connectivity index is 1.65. The number of ether oxygens (including phenoxy) is 1. The Hall–Kier alpha value is -2.57. The van der Waals surface area contributed by atoms with Crippen molar-refractivity contribution in [2.45, 2.75) is 53.5 Å². The Morgan fingerprint density at radius 2 is 2.14 bits per heavy atom. The molecule has 2 aromatic rings. The lowest BCUT2D eigenvalue weighted by atomic mass is 9.92. The molecule has 1 N–H and O–H groups in total. The summed E-state index contributed by atoms with van der Waals surface area (Å²) in [4.78, 5) is 19.7. The molecule has 1 aliphatic carbocycles. The van der Waals surface area contributed by atoms with E-state index in [4.69, 9.17) is 14.2 Å². The van der Waals surface area contributed by atoms with E-state index in [9.17, 15) is 4.79 Å². The molecule has 0 aromatic carbocycles. The highest BCUT2D eigenvalue weighted by atomic mass is 16.5. The van der Waals surface area contributed by atoms with Crippen molar-refractivity contribution in [2.75, 3.05) is 23.9 Å². The van der Waals surface area contributed by atoms with Crippen LogP contribution in [0.5, 0.6) is 5.75 Å². The van der Waals surface area contributed by atoms with Crippen molar-refractivity contribution in [1.82, 2.24) is 10.1 Å². The summed E-state index contributed by atoms with van der Waals surface area (Å²) in [5.41, 5.74) is 2.88. The van der Waals surface area contributed by atoms with Gasteiger partial charge in [-0.2, -0.15) is 0 Å². The zero-order valence-corrected chi connectivity index (χ0v) is 18.1. The highest BCUT2D eigenvalue weighted by Gasteiger charge is 2.53. The third-order valence-corrected chi connectivity index (χ3v) is 5.84. The molecule has 7 nitrogen and oxygen atoms in total. The normalized spacial score (nSPS) is 22.7. The minimum Gasteiger partial charge on any atom is -0.493 e. The second-order valence-corrected chi connectivity index (χ2v) is 9.59. The number of aromatic nitrogens is 2. The van der Waals surface area contributed by atoms with Gasteiger partial charge in [0.25, 0.3) is 0 Å². The molecule has 0 spiro atoms. The van der Waals surface area contributed by atoms with E-state index in [1.165, 1.54) is 0 Å². The maximum atomic E-state index is 12.5. The molecule has 0 saturated heterocycles. The highest BCUT2D eigenvalue weighted by molar-refractivity contribution is 5.92. The number of amides is 1. The minimum absolute atomic E-state index is 0.0477. The Bertz CT molecular complexity index is 931. The van der Waals surface area contributed by atoms with Gasteiger partial charge in [-0.3, -0.25) is 4.79 Å². The molecule has 156 valence electrons. The fourth-order valence-corrected chi connectivity index (χ4v) is 4.36. The van der Waals surface area contributed by atoms with Gasteiger partial charge in [-0.05, 0) is 24.2 Å². The number of nitrogens with one attached hydrogen (secondary N) is 1. The number of methoxy groups -OCH3 is 1. The molecule has 1 fully saturated rings. The lowest BCUT2D eigenvalue weighted by molar-refractivity contribution is -0.117. The van der Waals surface area contributed by atoms with E-state index < -0.39 is 0 Å². The lowest BCUT2D eigenvalue weighted by Gasteiger charge is -2.30. The first-order chi connectivity index (χ1) is 13.7. The summed E-state index contributed by atoms with van der Waals surface area (Å²) >= 11 is 0. The van der Waals surface area contributed by atoms with Crippen LogP contribution in [0.3, 0.4) is 0 Å². The van der Waals surface area contributed by atoms with E-state index in [0.717, 1.165) is 29.4 Å². The monoisotopic (exact) mass is 398 g/mol. The molecule has 0 radical (unpaired) electrons. The van der Waals surface area contributed by atoms with Crippen molar-refractivity contribution in [1.29, 1.82) is 0 Å². The molecule has 4 rings (SSSR count). The van der Waals surface area contributed by atoms with Gasteiger partial charge in [-0.25, -0.2) is 4.98 Å². The Labute approximate surface area is 171 Å². The van der Waals surface area contributed by atoms with Crippen LogP contribution in [0.4, 0.5) is 11.5 Å². The fraction of sp³-hybridized carbons (Fsp3) is 0.591. The minimum atomic E-state index is -0.0896. The number of anilines is 2. The SMILES string of the molecule is COc1cc2c(nc1NC(=O)CC(C)(C)C)C1C(C)C1CN2Cc1cc(C)no1. The molecule has 0 bridgehead atoms. The van der Waals surface area contributed by atoms with Gasteiger partial charge in [0.1, 0.15) is 0 Å². The van der Waals surface area contributed by atoms with Crippen molar-refractivity contribution >= 4 is 17.4 Å². The van der Waals surface area contributed by atoms with Gasteiger partial charge in [0.2, 0.25) is 5.91 Å². The summed E-state index contributed by atoms with van der Waals surface area (Å²) < 4.78 is 11.0. The number of hydrogen-bond acceptors (Lipinski definition) is 6. The van der Waals surface area contributed by atoms with Crippen molar-refractivity contribution in [3.63, 3.8) is 0 Å². The fourth-order valence-electron chi connectivity index (χ4n) is 4.36. The molecular weight excluding hydrogens is 368 g/mol. The molecule has 3 atom stereocenters. The van der Waals surface area contributed by atoms with Crippen LogP contribution < -0.4 is 15.0 Å². The van der Waals surface area contributed by atoms with Gasteiger partial charge in [0.05, 0.1) is 30.7 Å². The average molecular weight is 399 g/mol. The highest BCUT2D eigenvalue weighted by Crippen LogP contribution is 2.59. The first-order valence-corrected chi connectivity index (χ1v) is 10.2. The number of nitrogens with zero attached hydrogens (tertiary/aromatic N) is 3. The number of rotatable bonds is 5. The van der Waals surface area contributed by atoms with Crippen molar-refractivity contribution < 1.29 is 14.1 Å². The molecular formula is C22H30N4O3. The summed E-state index contributed by atoms with van der Waals surface area (Å²) in [5, 5.41) is 6.97. The maximum absolute atomic E-state index is 12.5. The van der Waals surface area contributed by atoms with Gasteiger partial charge in [-0.1, -0.05) is 32.9 Å². The maximum Gasteiger partial charge on any atom is 0.226 e. The molecule has 7 heteroatoms. The van der Waals surface area contributed by atoms with Gasteiger partial charge in [-0.15, -0.1) is 0 Å². The van der Waals surface area contributed by atoms with E-state index in [1.54, 1.807) is 7.11 Å². The van der Waals surface area contributed by atoms with Crippen LogP contribution in [0.15, 0.2) is 16.7 Å². The second-order valence-electron chi connectivity index (χ2n) is 9.59. The Morgan fingerprint density at radius 3 is 2.76 bits per heavy atom. The Kier molecular flexibility index (Phi) is 4.79. The predicted molar refractivity (Wildman–Crippen MR) is 111 cm³/mol. The number of carbonyl (C=O) groups excluding carboxylic acids is 1. The number of carbonyl (C=O) groups is 1. The average Bonchev–Trinajstić information content (AvgIpc) is 3.07. The van der Waals surface area contributed by atoms with Crippen LogP contribution in [-0.2, 0) is 11.3 Å². The van der Waals surface area contributed by atoms with Gasteiger partial charge < -0.3 is 19.5 Å². The van der Waals surface area contributed by atoms with Gasteiger partial charge in [0, 0.05) is 31.0 Å². The van der Waals surface area contributed by atoms with E-state index >= 15 is 0 Å². The summed E-state index contributed by atoms with van der Waals surface area (Å²) in [6, 6.07) is 3.97.